The second-order valence-electron chi connectivity index (χ2n) is 16.5. The molecule has 1 saturated heterocycles. The van der Waals surface area contributed by atoms with Crippen LogP contribution < -0.4 is 21.7 Å². The lowest BCUT2D eigenvalue weighted by molar-refractivity contribution is -0.144. The highest BCUT2D eigenvalue weighted by Gasteiger charge is 2.44. The summed E-state index contributed by atoms with van der Waals surface area (Å²) in [5, 5.41) is 19.3. The number of β-amino-alcohol motifs (C(OH)–C–C–N with tert-alkyl or cyclic N) is 1. The number of rotatable bonds is 21. The van der Waals surface area contributed by atoms with Crippen molar-refractivity contribution >= 4 is 40.9 Å². The molecule has 2 heterocycles. The number of unbranched alkanes of at least 4 members (excludes halogenated alkanes) is 3. The van der Waals surface area contributed by atoms with E-state index in [1.54, 1.807) is 11.3 Å². The van der Waals surface area contributed by atoms with Gasteiger partial charge in [-0.3, -0.25) is 24.0 Å². The lowest BCUT2D eigenvalue weighted by Gasteiger charge is -2.35. The van der Waals surface area contributed by atoms with Crippen LogP contribution in [0.15, 0.2) is 54.0 Å². The number of likely N-dealkylation sites (tertiary alicyclic amines) is 1. The summed E-state index contributed by atoms with van der Waals surface area (Å²) in [5.74, 6) is -1.53. The number of aryl methyl sites for hydroxylation is 2. The zero-order valence-corrected chi connectivity index (χ0v) is 35.7. The van der Waals surface area contributed by atoms with Crippen molar-refractivity contribution in [2.24, 2.45) is 11.1 Å². The Morgan fingerprint density at radius 1 is 0.948 bits per heavy atom. The fourth-order valence-corrected chi connectivity index (χ4v) is 7.92. The third-order valence-electron chi connectivity index (χ3n) is 10.5. The number of aromatic nitrogens is 1. The van der Waals surface area contributed by atoms with Gasteiger partial charge in [0.25, 0.3) is 0 Å². The lowest BCUT2D eigenvalue weighted by atomic mass is 9.85. The van der Waals surface area contributed by atoms with Crippen molar-refractivity contribution in [3.8, 4) is 10.4 Å². The molecule has 316 valence electrons. The first-order valence-electron chi connectivity index (χ1n) is 20.3. The van der Waals surface area contributed by atoms with Crippen LogP contribution in [-0.2, 0) is 48.3 Å². The molecule has 5 amide bonds. The molecule has 58 heavy (non-hydrogen) atoms. The summed E-state index contributed by atoms with van der Waals surface area (Å²) in [7, 11) is 0. The molecule has 0 radical (unpaired) electrons. The average molecular weight is 819 g/mol. The minimum absolute atomic E-state index is 0.0258. The zero-order chi connectivity index (χ0) is 42.4. The minimum Gasteiger partial charge on any atom is -0.391 e. The lowest BCUT2D eigenvalue weighted by Crippen LogP contribution is -2.57. The molecular formula is C44H62N6O7S. The fraction of sp³-hybridized carbons (Fsp3) is 0.545. The van der Waals surface area contributed by atoms with E-state index in [0.29, 0.717) is 19.4 Å². The Balaban J connectivity index is 1.18. The van der Waals surface area contributed by atoms with E-state index in [1.165, 1.54) is 17.4 Å². The van der Waals surface area contributed by atoms with Gasteiger partial charge in [0.05, 0.1) is 40.9 Å². The summed E-state index contributed by atoms with van der Waals surface area (Å²) in [6.45, 7) is 11.6. The van der Waals surface area contributed by atoms with Gasteiger partial charge in [-0.15, -0.1) is 11.3 Å². The zero-order valence-electron chi connectivity index (χ0n) is 34.8. The summed E-state index contributed by atoms with van der Waals surface area (Å²) >= 11 is 1.58. The maximum absolute atomic E-state index is 14.0. The van der Waals surface area contributed by atoms with Crippen LogP contribution in [0.25, 0.3) is 10.4 Å². The van der Waals surface area contributed by atoms with E-state index in [2.05, 4.69) is 33.1 Å². The first kappa shape index (κ1) is 46.0. The van der Waals surface area contributed by atoms with Gasteiger partial charge in [-0.05, 0) is 67.2 Å². The number of primary amides is 1. The van der Waals surface area contributed by atoms with E-state index in [9.17, 15) is 29.1 Å². The molecule has 0 aliphatic carbocycles. The summed E-state index contributed by atoms with van der Waals surface area (Å²) in [6, 6.07) is 14.1. The molecule has 1 fully saturated rings. The molecule has 0 spiro atoms. The maximum Gasteiger partial charge on any atom is 0.246 e. The molecule has 2 aromatic carbocycles. The number of nitrogens with one attached hydrogen (secondary N) is 3. The van der Waals surface area contributed by atoms with E-state index >= 15 is 0 Å². The summed E-state index contributed by atoms with van der Waals surface area (Å²) in [6.07, 6.45) is 4.23. The number of ether oxygens (including phenoxy) is 1. The van der Waals surface area contributed by atoms with Crippen molar-refractivity contribution in [1.29, 1.82) is 0 Å². The molecule has 5 atom stereocenters. The largest absolute Gasteiger partial charge is 0.391 e. The molecule has 0 saturated carbocycles. The molecule has 14 heteroatoms. The number of aliphatic hydroxyl groups excluding tert-OH is 1. The number of aliphatic hydroxyl groups is 1. The third-order valence-corrected chi connectivity index (χ3v) is 11.5. The van der Waals surface area contributed by atoms with Crippen LogP contribution in [0.1, 0.15) is 108 Å². The van der Waals surface area contributed by atoms with E-state index in [4.69, 9.17) is 10.5 Å². The van der Waals surface area contributed by atoms with Gasteiger partial charge in [-0.1, -0.05) is 82.1 Å². The monoisotopic (exact) mass is 818 g/mol. The van der Waals surface area contributed by atoms with Crippen molar-refractivity contribution < 1.29 is 33.8 Å². The summed E-state index contributed by atoms with van der Waals surface area (Å²) in [4.78, 5) is 70.2. The molecule has 0 unspecified atom stereocenters. The molecule has 1 aliphatic heterocycles. The predicted octanol–water partition coefficient (Wildman–Crippen LogP) is 5.10. The van der Waals surface area contributed by atoms with Gasteiger partial charge in [-0.25, -0.2) is 4.98 Å². The number of hydrogen-bond acceptors (Lipinski definition) is 9. The Labute approximate surface area is 346 Å². The third kappa shape index (κ3) is 14.3. The molecule has 1 aromatic heterocycles. The number of hydrogen-bond donors (Lipinski definition) is 5. The first-order chi connectivity index (χ1) is 27.5. The van der Waals surface area contributed by atoms with Crippen molar-refractivity contribution in [1.82, 2.24) is 25.8 Å². The Hall–Kier alpha value is -4.66. The van der Waals surface area contributed by atoms with Crippen molar-refractivity contribution in [2.75, 3.05) is 6.54 Å². The van der Waals surface area contributed by atoms with Crippen LogP contribution in [0.4, 0.5) is 0 Å². The van der Waals surface area contributed by atoms with Gasteiger partial charge in [0.15, 0.2) is 0 Å². The fourth-order valence-electron chi connectivity index (χ4n) is 7.11. The highest BCUT2D eigenvalue weighted by Crippen LogP contribution is 2.28. The van der Waals surface area contributed by atoms with Crippen LogP contribution >= 0.6 is 11.3 Å². The Bertz CT molecular complexity index is 1820. The van der Waals surface area contributed by atoms with Crippen molar-refractivity contribution in [2.45, 2.75) is 143 Å². The van der Waals surface area contributed by atoms with E-state index < -0.39 is 29.5 Å². The molecular weight excluding hydrogens is 757 g/mol. The number of nitrogens with two attached hydrogens (primary N) is 1. The molecule has 3 aromatic rings. The number of carbonyl (C=O) groups excluding carboxylic acids is 5. The number of amides is 5. The Morgan fingerprint density at radius 3 is 2.22 bits per heavy atom. The predicted molar refractivity (Wildman–Crippen MR) is 225 cm³/mol. The van der Waals surface area contributed by atoms with Crippen LogP contribution in [0.3, 0.4) is 0 Å². The van der Waals surface area contributed by atoms with E-state index in [1.807, 2.05) is 76.5 Å². The quantitative estimate of drug-likeness (QED) is 0.0918. The van der Waals surface area contributed by atoms with Crippen molar-refractivity contribution in [3.05, 3.63) is 76.4 Å². The van der Waals surface area contributed by atoms with E-state index in [-0.39, 0.29) is 68.1 Å². The number of thiazole rings is 1. The van der Waals surface area contributed by atoms with Crippen LogP contribution in [0, 0.1) is 12.3 Å². The topological polar surface area (TPSA) is 193 Å². The Kier molecular flexibility index (Phi) is 17.4. The van der Waals surface area contributed by atoms with Gasteiger partial charge in [-0.2, -0.15) is 0 Å². The molecule has 13 nitrogen and oxygen atoms in total. The van der Waals surface area contributed by atoms with Gasteiger partial charge in [0, 0.05) is 39.3 Å². The summed E-state index contributed by atoms with van der Waals surface area (Å²) in [5.41, 5.74) is 11.6. The number of carbonyl (C=O) groups is 5. The Morgan fingerprint density at radius 2 is 1.60 bits per heavy atom. The SMILES string of the molecule is CC(=O)N[C@@H](CCC(N)=O)[C@@H](C)OCc1ccc(CCCCCCC(=O)N[C@H](C(=O)N2C[C@H](O)C[C@H]2C(=O)NCc2ccc(-c3scnc3C)cc2)C(C)(C)C)cc1. The number of nitrogens with zero attached hydrogens (tertiary/aromatic N) is 2. The van der Waals surface area contributed by atoms with Gasteiger partial charge in [0.1, 0.15) is 12.1 Å². The molecule has 0 bridgehead atoms. The van der Waals surface area contributed by atoms with Crippen LogP contribution in [0.2, 0.25) is 0 Å². The van der Waals surface area contributed by atoms with Crippen LogP contribution in [-0.4, -0.2) is 81.4 Å². The van der Waals surface area contributed by atoms with Gasteiger partial charge < -0.3 is 36.4 Å². The highest BCUT2D eigenvalue weighted by molar-refractivity contribution is 7.13. The second kappa shape index (κ2) is 21.9. The smallest absolute Gasteiger partial charge is 0.246 e. The standard InChI is InChI=1S/C44H62N6O7S/c1-28-40(58-27-47-28)34-19-17-32(18-20-34)24-46-42(55)37-23-35(52)25-50(37)43(56)41(44(4,5)6)49-39(54)12-10-8-7-9-11-31-13-15-33(16-14-31)26-57-29(2)36(48-30(3)51)21-22-38(45)53/h13-20,27,29,35-37,41,52H,7-12,21-26H2,1-6H3,(H2,45,53)(H,46,55)(H,48,51)(H,49,54)/t29-,35-,36+,37+,41-/m1/s1. The van der Waals surface area contributed by atoms with Crippen molar-refractivity contribution in [3.63, 3.8) is 0 Å². The number of benzene rings is 2. The maximum atomic E-state index is 14.0. The average Bonchev–Trinajstić information content (AvgIpc) is 3.79. The normalized spacial score (nSPS) is 17.0. The first-order valence-corrected chi connectivity index (χ1v) is 21.2. The summed E-state index contributed by atoms with van der Waals surface area (Å²) < 4.78 is 6.00. The van der Waals surface area contributed by atoms with Gasteiger partial charge >= 0.3 is 0 Å². The molecule has 6 N–H and O–H groups in total. The second-order valence-corrected chi connectivity index (χ2v) is 17.4. The molecule has 4 rings (SSSR count). The van der Waals surface area contributed by atoms with Gasteiger partial charge in [0.2, 0.25) is 29.5 Å². The van der Waals surface area contributed by atoms with E-state index in [0.717, 1.165) is 52.9 Å². The minimum atomic E-state index is -0.861. The van der Waals surface area contributed by atoms with Crippen LogP contribution in [0.5, 0.6) is 0 Å². The molecule has 1 aliphatic rings. The highest BCUT2D eigenvalue weighted by atomic mass is 32.1.